The van der Waals surface area contributed by atoms with Gasteiger partial charge in [-0.1, -0.05) is 6.08 Å². The molecule has 0 aromatic carbocycles. The fourth-order valence-electron chi connectivity index (χ4n) is 1.04. The second-order valence-corrected chi connectivity index (χ2v) is 3.09. The Bertz CT molecular complexity index is 153. The van der Waals surface area contributed by atoms with Crippen LogP contribution >= 0.6 is 0 Å². The van der Waals surface area contributed by atoms with Gasteiger partial charge < -0.3 is 14.6 Å². The molecule has 1 N–H and O–H groups in total. The zero-order valence-electron chi connectivity index (χ0n) is 6.91. The van der Waals surface area contributed by atoms with E-state index in [-0.39, 0.29) is 6.10 Å². The molecule has 1 aliphatic rings. The van der Waals surface area contributed by atoms with E-state index in [0.29, 0.717) is 6.61 Å². The highest BCUT2D eigenvalue weighted by atomic mass is 16.7. The predicted octanol–water partition coefficient (Wildman–Crippen LogP) is 0.685. The highest BCUT2D eigenvalue weighted by molar-refractivity contribution is 4.88. The highest BCUT2D eigenvalue weighted by Crippen LogP contribution is 2.24. The van der Waals surface area contributed by atoms with Crippen molar-refractivity contribution in [3.8, 4) is 0 Å². The summed E-state index contributed by atoms with van der Waals surface area (Å²) in [6.07, 6.45) is 0.564. The smallest absolute Gasteiger partial charge is 0.163 e. The molecule has 0 aromatic rings. The van der Waals surface area contributed by atoms with Crippen LogP contribution in [0.25, 0.3) is 0 Å². The van der Waals surface area contributed by atoms with Crippen molar-refractivity contribution in [2.45, 2.75) is 31.8 Å². The molecular weight excluding hydrogens is 144 g/mol. The fourth-order valence-corrected chi connectivity index (χ4v) is 1.04. The van der Waals surface area contributed by atoms with Crippen molar-refractivity contribution in [2.24, 2.45) is 0 Å². The van der Waals surface area contributed by atoms with Gasteiger partial charge in [0.05, 0.1) is 6.61 Å². The molecule has 1 aliphatic heterocycles. The van der Waals surface area contributed by atoms with Crippen molar-refractivity contribution < 1.29 is 14.6 Å². The van der Waals surface area contributed by atoms with Crippen LogP contribution in [0.5, 0.6) is 0 Å². The monoisotopic (exact) mass is 158 g/mol. The SMILES string of the molecule is C=CC(O)[C@@H]1COC(C)(C)O1. The maximum Gasteiger partial charge on any atom is 0.163 e. The molecule has 0 spiro atoms. The Hall–Kier alpha value is -0.380. The van der Waals surface area contributed by atoms with Crippen LogP contribution in [0, 0.1) is 0 Å². The van der Waals surface area contributed by atoms with E-state index in [0.717, 1.165) is 0 Å². The van der Waals surface area contributed by atoms with Gasteiger partial charge in [0.25, 0.3) is 0 Å². The van der Waals surface area contributed by atoms with E-state index in [4.69, 9.17) is 9.47 Å². The average molecular weight is 158 g/mol. The summed E-state index contributed by atoms with van der Waals surface area (Å²) in [5.41, 5.74) is 0. The molecule has 0 aromatic heterocycles. The van der Waals surface area contributed by atoms with Gasteiger partial charge in [0.2, 0.25) is 0 Å². The highest BCUT2D eigenvalue weighted by Gasteiger charge is 2.35. The van der Waals surface area contributed by atoms with Crippen LogP contribution in [0.2, 0.25) is 0 Å². The number of rotatable bonds is 2. The summed E-state index contributed by atoms with van der Waals surface area (Å²) in [5, 5.41) is 9.27. The van der Waals surface area contributed by atoms with Crippen LogP contribution in [-0.2, 0) is 9.47 Å². The summed E-state index contributed by atoms with van der Waals surface area (Å²) >= 11 is 0. The number of aliphatic hydroxyl groups excluding tert-OH is 1. The van der Waals surface area contributed by atoms with E-state index >= 15 is 0 Å². The molecule has 0 radical (unpaired) electrons. The third-order valence-electron chi connectivity index (χ3n) is 1.65. The van der Waals surface area contributed by atoms with Gasteiger partial charge in [-0.3, -0.25) is 0 Å². The van der Waals surface area contributed by atoms with Crippen LogP contribution in [0.3, 0.4) is 0 Å². The van der Waals surface area contributed by atoms with Crippen molar-refractivity contribution in [3.05, 3.63) is 12.7 Å². The van der Waals surface area contributed by atoms with Crippen molar-refractivity contribution in [1.29, 1.82) is 0 Å². The van der Waals surface area contributed by atoms with Crippen LogP contribution < -0.4 is 0 Å². The summed E-state index contributed by atoms with van der Waals surface area (Å²) < 4.78 is 10.6. The largest absolute Gasteiger partial charge is 0.386 e. The molecule has 1 saturated heterocycles. The maximum absolute atomic E-state index is 9.27. The lowest BCUT2D eigenvalue weighted by molar-refractivity contribution is -0.147. The Balaban J connectivity index is 2.47. The molecule has 0 amide bonds. The van der Waals surface area contributed by atoms with Crippen molar-refractivity contribution in [1.82, 2.24) is 0 Å². The Morgan fingerprint density at radius 1 is 1.73 bits per heavy atom. The van der Waals surface area contributed by atoms with E-state index in [9.17, 15) is 5.11 Å². The van der Waals surface area contributed by atoms with Crippen molar-refractivity contribution >= 4 is 0 Å². The van der Waals surface area contributed by atoms with Crippen LogP contribution in [0.15, 0.2) is 12.7 Å². The molecule has 0 saturated carbocycles. The second-order valence-electron chi connectivity index (χ2n) is 3.09. The normalized spacial score (nSPS) is 31.7. The number of aliphatic hydroxyl groups is 1. The van der Waals surface area contributed by atoms with Gasteiger partial charge in [-0.15, -0.1) is 6.58 Å². The number of hydrogen-bond donors (Lipinski definition) is 1. The summed E-state index contributed by atoms with van der Waals surface area (Å²) in [4.78, 5) is 0. The van der Waals surface area contributed by atoms with Gasteiger partial charge in [-0.05, 0) is 13.8 Å². The maximum atomic E-state index is 9.27. The molecule has 2 atom stereocenters. The molecule has 11 heavy (non-hydrogen) atoms. The Labute approximate surface area is 66.6 Å². The molecule has 0 aliphatic carbocycles. The molecular formula is C8H14O3. The number of ether oxygens (including phenoxy) is 2. The van der Waals surface area contributed by atoms with Gasteiger partial charge in [-0.2, -0.15) is 0 Å². The predicted molar refractivity (Wildman–Crippen MR) is 41.1 cm³/mol. The number of hydrogen-bond acceptors (Lipinski definition) is 3. The molecule has 1 unspecified atom stereocenters. The third kappa shape index (κ3) is 2.02. The summed E-state index contributed by atoms with van der Waals surface area (Å²) in [5.74, 6) is -0.561. The fraction of sp³-hybridized carbons (Fsp3) is 0.750. The average Bonchev–Trinajstić information content (AvgIpc) is 2.29. The summed E-state index contributed by atoms with van der Waals surface area (Å²) in [7, 11) is 0. The minimum atomic E-state index is -0.628. The van der Waals surface area contributed by atoms with Crippen LogP contribution in [0.4, 0.5) is 0 Å². The molecule has 0 bridgehead atoms. The first-order valence-corrected chi connectivity index (χ1v) is 3.67. The van der Waals surface area contributed by atoms with Gasteiger partial charge in [0.1, 0.15) is 12.2 Å². The first kappa shape index (κ1) is 8.71. The van der Waals surface area contributed by atoms with E-state index in [1.807, 2.05) is 13.8 Å². The van der Waals surface area contributed by atoms with Crippen molar-refractivity contribution in [2.75, 3.05) is 6.61 Å². The third-order valence-corrected chi connectivity index (χ3v) is 1.65. The first-order chi connectivity index (χ1) is 5.05. The van der Waals surface area contributed by atoms with Gasteiger partial charge >= 0.3 is 0 Å². The Morgan fingerprint density at radius 3 is 2.73 bits per heavy atom. The Morgan fingerprint density at radius 2 is 2.36 bits per heavy atom. The lowest BCUT2D eigenvalue weighted by Gasteiger charge is -2.18. The molecule has 1 heterocycles. The lowest BCUT2D eigenvalue weighted by Crippen LogP contribution is -2.28. The molecule has 1 rings (SSSR count). The second kappa shape index (κ2) is 2.93. The van der Waals surface area contributed by atoms with E-state index < -0.39 is 11.9 Å². The minimum Gasteiger partial charge on any atom is -0.386 e. The molecule has 1 fully saturated rings. The molecule has 3 heteroatoms. The molecule has 3 nitrogen and oxygen atoms in total. The van der Waals surface area contributed by atoms with E-state index in [1.54, 1.807) is 0 Å². The van der Waals surface area contributed by atoms with Crippen LogP contribution in [-0.4, -0.2) is 29.7 Å². The zero-order valence-corrected chi connectivity index (χ0v) is 6.91. The minimum absolute atomic E-state index is 0.262. The topological polar surface area (TPSA) is 38.7 Å². The first-order valence-electron chi connectivity index (χ1n) is 3.67. The van der Waals surface area contributed by atoms with E-state index in [2.05, 4.69) is 6.58 Å². The van der Waals surface area contributed by atoms with Gasteiger partial charge in [-0.25, -0.2) is 0 Å². The van der Waals surface area contributed by atoms with Crippen molar-refractivity contribution in [3.63, 3.8) is 0 Å². The zero-order chi connectivity index (χ0) is 8.48. The lowest BCUT2D eigenvalue weighted by atomic mass is 10.2. The van der Waals surface area contributed by atoms with E-state index in [1.165, 1.54) is 6.08 Å². The summed E-state index contributed by atoms with van der Waals surface area (Å²) in [6.45, 7) is 7.54. The standard InChI is InChI=1S/C8H14O3/c1-4-6(9)7-5-10-8(2,3)11-7/h4,6-7,9H,1,5H2,2-3H3/t6?,7-/m0/s1. The van der Waals surface area contributed by atoms with Crippen LogP contribution in [0.1, 0.15) is 13.8 Å². The Kier molecular flexibility index (Phi) is 2.32. The quantitative estimate of drug-likeness (QED) is 0.601. The van der Waals surface area contributed by atoms with Gasteiger partial charge in [0.15, 0.2) is 5.79 Å². The summed E-state index contributed by atoms with van der Waals surface area (Å²) in [6, 6.07) is 0. The van der Waals surface area contributed by atoms with Gasteiger partial charge in [0, 0.05) is 0 Å². The molecule has 64 valence electrons.